The third kappa shape index (κ3) is 5.82. The maximum Gasteiger partial charge on any atom is 0.252 e. The highest BCUT2D eigenvalue weighted by molar-refractivity contribution is 6.31. The SMILES string of the molecule is CC(C)(C)c1cc(CC(=O)Cc2ccc(Oc3ccnc4cc(O)c(C(N)=O)cc34)cc2Cl)n(C2CCCC2)n1. The van der Waals surface area contributed by atoms with Crippen molar-refractivity contribution in [2.75, 3.05) is 0 Å². The second kappa shape index (κ2) is 10.9. The van der Waals surface area contributed by atoms with Gasteiger partial charge in [-0.2, -0.15) is 5.10 Å². The van der Waals surface area contributed by atoms with Crippen molar-refractivity contribution in [2.24, 2.45) is 5.73 Å². The number of fused-ring (bicyclic) bond motifs is 1. The molecule has 0 bridgehead atoms. The number of ether oxygens (including phenoxy) is 1. The van der Waals surface area contributed by atoms with Crippen molar-refractivity contribution in [3.63, 3.8) is 0 Å². The monoisotopic (exact) mass is 560 g/mol. The lowest BCUT2D eigenvalue weighted by Gasteiger charge is -2.16. The fourth-order valence-electron chi connectivity index (χ4n) is 5.18. The topological polar surface area (TPSA) is 120 Å². The first-order chi connectivity index (χ1) is 19.0. The largest absolute Gasteiger partial charge is 0.507 e. The molecule has 2 aromatic carbocycles. The molecule has 40 heavy (non-hydrogen) atoms. The van der Waals surface area contributed by atoms with Gasteiger partial charge in [0.25, 0.3) is 5.91 Å². The van der Waals surface area contributed by atoms with E-state index in [2.05, 4.69) is 36.5 Å². The van der Waals surface area contributed by atoms with E-state index in [9.17, 15) is 14.7 Å². The minimum Gasteiger partial charge on any atom is -0.507 e. The van der Waals surface area contributed by atoms with Crippen LogP contribution in [-0.4, -0.2) is 31.6 Å². The van der Waals surface area contributed by atoms with Crippen LogP contribution in [0.5, 0.6) is 17.2 Å². The molecule has 4 aromatic rings. The first kappa shape index (κ1) is 27.6. The van der Waals surface area contributed by atoms with Crippen LogP contribution in [0.25, 0.3) is 10.9 Å². The molecule has 5 rings (SSSR count). The van der Waals surface area contributed by atoms with Gasteiger partial charge in [-0.05, 0) is 48.7 Å². The number of amides is 1. The van der Waals surface area contributed by atoms with Gasteiger partial charge in [0, 0.05) is 46.6 Å². The third-order valence-corrected chi connectivity index (χ3v) is 7.71. The van der Waals surface area contributed by atoms with Crippen LogP contribution in [-0.2, 0) is 23.1 Å². The number of nitrogens with zero attached hydrogens (tertiary/aromatic N) is 3. The standard InChI is InChI=1S/C31H33ClN4O4/c1-31(2,3)29-14-20(36(35-29)19-6-4-5-7-19)13-21(37)12-18-8-9-22(15-25(18)32)40-28-10-11-34-26-17-27(38)24(30(33)39)16-23(26)28/h8-11,14-17,19,38H,4-7,12-13H2,1-3H3,(H2,33,39). The van der Waals surface area contributed by atoms with E-state index in [0.717, 1.165) is 24.2 Å². The molecule has 1 aliphatic carbocycles. The second-order valence-electron chi connectivity index (χ2n) is 11.5. The van der Waals surface area contributed by atoms with Crippen molar-refractivity contribution in [2.45, 2.75) is 70.8 Å². The molecule has 0 atom stereocenters. The molecule has 1 saturated carbocycles. The molecule has 2 aromatic heterocycles. The number of benzene rings is 2. The summed E-state index contributed by atoms with van der Waals surface area (Å²) in [5.41, 5.74) is 8.38. The molecule has 9 heteroatoms. The van der Waals surface area contributed by atoms with E-state index in [1.54, 1.807) is 24.3 Å². The van der Waals surface area contributed by atoms with Gasteiger partial charge in [-0.25, -0.2) is 0 Å². The molecule has 3 N–H and O–H groups in total. The first-order valence-corrected chi connectivity index (χ1v) is 13.9. The highest BCUT2D eigenvalue weighted by Gasteiger charge is 2.26. The third-order valence-electron chi connectivity index (χ3n) is 7.35. The molecule has 0 aliphatic heterocycles. The van der Waals surface area contributed by atoms with Crippen molar-refractivity contribution in [1.29, 1.82) is 0 Å². The Morgan fingerprint density at radius 3 is 2.52 bits per heavy atom. The van der Waals surface area contributed by atoms with Crippen LogP contribution in [0.4, 0.5) is 0 Å². The summed E-state index contributed by atoms with van der Waals surface area (Å²) in [5.74, 6) is -0.0670. The van der Waals surface area contributed by atoms with Gasteiger partial charge in [-0.3, -0.25) is 19.3 Å². The van der Waals surface area contributed by atoms with Crippen LogP contribution >= 0.6 is 11.6 Å². The van der Waals surface area contributed by atoms with Crippen LogP contribution in [0, 0.1) is 0 Å². The number of nitrogens with two attached hydrogens (primary N) is 1. The summed E-state index contributed by atoms with van der Waals surface area (Å²) < 4.78 is 8.15. The summed E-state index contributed by atoms with van der Waals surface area (Å²) in [7, 11) is 0. The van der Waals surface area contributed by atoms with E-state index < -0.39 is 5.91 Å². The van der Waals surface area contributed by atoms with Gasteiger partial charge < -0.3 is 15.6 Å². The second-order valence-corrected chi connectivity index (χ2v) is 11.9. The van der Waals surface area contributed by atoms with Crippen LogP contribution in [0.3, 0.4) is 0 Å². The average Bonchev–Trinajstić information content (AvgIpc) is 3.55. The Kier molecular flexibility index (Phi) is 7.55. The quantitative estimate of drug-likeness (QED) is 0.255. The molecule has 1 fully saturated rings. The Bertz CT molecular complexity index is 1600. The van der Waals surface area contributed by atoms with Crippen LogP contribution in [0.1, 0.15) is 79.8 Å². The van der Waals surface area contributed by atoms with E-state index in [-0.39, 0.29) is 28.9 Å². The van der Waals surface area contributed by atoms with Gasteiger partial charge >= 0.3 is 0 Å². The molecule has 1 aliphatic rings. The Labute approximate surface area is 238 Å². The predicted octanol–water partition coefficient (Wildman–Crippen LogP) is 6.45. The Morgan fingerprint density at radius 1 is 1.10 bits per heavy atom. The zero-order valence-electron chi connectivity index (χ0n) is 22.9. The number of Topliss-reactive ketones (excluding diaryl/α,β-unsaturated/α-hetero) is 1. The van der Waals surface area contributed by atoms with Crippen molar-refractivity contribution in [1.82, 2.24) is 14.8 Å². The highest BCUT2D eigenvalue weighted by Crippen LogP contribution is 2.35. The van der Waals surface area contributed by atoms with Gasteiger partial charge in [0.05, 0.1) is 22.8 Å². The van der Waals surface area contributed by atoms with Gasteiger partial charge in [0.2, 0.25) is 0 Å². The van der Waals surface area contributed by atoms with Crippen molar-refractivity contribution in [3.8, 4) is 17.2 Å². The number of hydrogen-bond acceptors (Lipinski definition) is 6. The molecular weight excluding hydrogens is 528 g/mol. The maximum absolute atomic E-state index is 13.2. The molecular formula is C31H33ClN4O4. The lowest BCUT2D eigenvalue weighted by atomic mass is 9.92. The van der Waals surface area contributed by atoms with Crippen molar-refractivity contribution < 1.29 is 19.4 Å². The summed E-state index contributed by atoms with van der Waals surface area (Å²) in [4.78, 5) is 29.1. The lowest BCUT2D eigenvalue weighted by molar-refractivity contribution is -0.117. The van der Waals surface area contributed by atoms with E-state index in [1.807, 2.05) is 0 Å². The number of pyridine rings is 1. The summed E-state index contributed by atoms with van der Waals surface area (Å²) in [6, 6.07) is 12.1. The Balaban J connectivity index is 1.33. The number of hydrogen-bond donors (Lipinski definition) is 2. The number of rotatable bonds is 8. The molecule has 1 amide bonds. The number of carbonyl (C=O) groups excluding carboxylic acids is 2. The zero-order valence-corrected chi connectivity index (χ0v) is 23.7. The fraction of sp³-hybridized carbons (Fsp3) is 0.355. The van der Waals surface area contributed by atoms with Gasteiger partial charge in [-0.15, -0.1) is 0 Å². The van der Waals surface area contributed by atoms with Crippen LogP contribution < -0.4 is 10.5 Å². The summed E-state index contributed by atoms with van der Waals surface area (Å²) in [6.45, 7) is 6.41. The average molecular weight is 561 g/mol. The molecule has 0 saturated heterocycles. The first-order valence-electron chi connectivity index (χ1n) is 13.5. The summed E-state index contributed by atoms with van der Waals surface area (Å²) in [5, 5.41) is 15.9. The number of primary amides is 1. The van der Waals surface area contributed by atoms with E-state index in [1.165, 1.54) is 31.2 Å². The number of carbonyl (C=O) groups is 2. The molecule has 0 radical (unpaired) electrons. The predicted molar refractivity (Wildman–Crippen MR) is 154 cm³/mol. The van der Waals surface area contributed by atoms with E-state index in [0.29, 0.717) is 45.5 Å². The Hall–Kier alpha value is -3.91. The minimum absolute atomic E-state index is 0.0267. The van der Waals surface area contributed by atoms with Crippen LogP contribution in [0.2, 0.25) is 5.02 Å². The number of ketones is 1. The van der Waals surface area contributed by atoms with Gasteiger partial charge in [0.15, 0.2) is 0 Å². The molecule has 2 heterocycles. The molecule has 0 spiro atoms. The molecule has 8 nitrogen and oxygen atoms in total. The minimum atomic E-state index is -0.757. The van der Waals surface area contributed by atoms with Gasteiger partial charge in [0.1, 0.15) is 23.0 Å². The smallest absolute Gasteiger partial charge is 0.252 e. The van der Waals surface area contributed by atoms with E-state index in [4.69, 9.17) is 27.2 Å². The summed E-state index contributed by atoms with van der Waals surface area (Å²) >= 11 is 6.59. The summed E-state index contributed by atoms with van der Waals surface area (Å²) in [6.07, 6.45) is 6.60. The van der Waals surface area contributed by atoms with Crippen molar-refractivity contribution >= 4 is 34.2 Å². The number of aromatic hydroxyl groups is 1. The van der Waals surface area contributed by atoms with Gasteiger partial charge in [-0.1, -0.05) is 51.3 Å². The number of aromatic nitrogens is 3. The number of phenols is 1. The fourth-order valence-corrected chi connectivity index (χ4v) is 5.42. The Morgan fingerprint density at radius 2 is 1.85 bits per heavy atom. The normalized spacial score (nSPS) is 14.1. The molecule has 208 valence electrons. The van der Waals surface area contributed by atoms with Crippen LogP contribution in [0.15, 0.2) is 48.7 Å². The number of halogens is 1. The van der Waals surface area contributed by atoms with E-state index >= 15 is 0 Å². The zero-order chi connectivity index (χ0) is 28.6. The lowest BCUT2D eigenvalue weighted by Crippen LogP contribution is -2.16. The molecule has 0 unspecified atom stereocenters. The van der Waals surface area contributed by atoms with Crippen molar-refractivity contribution in [3.05, 3.63) is 76.2 Å². The highest BCUT2D eigenvalue weighted by atomic mass is 35.5. The maximum atomic E-state index is 13.2.